The summed E-state index contributed by atoms with van der Waals surface area (Å²) in [4.78, 5) is 2.67. The number of likely N-dealkylation sites (tertiary alicyclic amines) is 1. The highest BCUT2D eigenvalue weighted by atomic mass is 16.7. The number of piperidine rings is 1. The van der Waals surface area contributed by atoms with Gasteiger partial charge >= 0.3 is 0 Å². The van der Waals surface area contributed by atoms with Gasteiger partial charge in [-0.2, -0.15) is 0 Å². The predicted molar refractivity (Wildman–Crippen MR) is 84.4 cm³/mol. The van der Waals surface area contributed by atoms with Gasteiger partial charge in [0.25, 0.3) is 0 Å². The van der Waals surface area contributed by atoms with Crippen molar-refractivity contribution in [2.45, 2.75) is 76.2 Å². The summed E-state index contributed by atoms with van der Waals surface area (Å²) in [6.07, 6.45) is 9.99. The Morgan fingerprint density at radius 2 is 1.86 bits per heavy atom. The second kappa shape index (κ2) is 7.40. The van der Waals surface area contributed by atoms with Crippen molar-refractivity contribution in [3.05, 3.63) is 0 Å². The van der Waals surface area contributed by atoms with E-state index in [0.29, 0.717) is 6.04 Å². The van der Waals surface area contributed by atoms with E-state index in [9.17, 15) is 0 Å². The third kappa shape index (κ3) is 4.19. The van der Waals surface area contributed by atoms with Crippen LogP contribution < -0.4 is 5.32 Å². The van der Waals surface area contributed by atoms with E-state index in [1.54, 1.807) is 0 Å². The molecule has 0 aromatic carbocycles. The first kappa shape index (κ1) is 15.7. The molecule has 21 heavy (non-hydrogen) atoms. The molecule has 0 radical (unpaired) electrons. The van der Waals surface area contributed by atoms with Crippen molar-refractivity contribution in [1.82, 2.24) is 10.2 Å². The van der Waals surface area contributed by atoms with Crippen molar-refractivity contribution < 1.29 is 9.47 Å². The molecule has 1 aliphatic carbocycles. The molecule has 0 bridgehead atoms. The molecule has 0 aromatic rings. The molecule has 0 amide bonds. The Morgan fingerprint density at radius 1 is 1.10 bits per heavy atom. The van der Waals surface area contributed by atoms with E-state index >= 15 is 0 Å². The Balaban J connectivity index is 1.28. The molecule has 2 heterocycles. The number of hydrogen-bond donors (Lipinski definition) is 1. The lowest BCUT2D eigenvalue weighted by Crippen LogP contribution is -2.43. The highest BCUT2D eigenvalue weighted by Crippen LogP contribution is 2.35. The van der Waals surface area contributed by atoms with Crippen LogP contribution in [0.25, 0.3) is 0 Å². The van der Waals surface area contributed by atoms with Crippen LogP contribution in [-0.4, -0.2) is 55.6 Å². The maximum absolute atomic E-state index is 5.79. The third-order valence-electron chi connectivity index (χ3n) is 5.56. The average Bonchev–Trinajstić information content (AvgIpc) is 2.96. The summed E-state index contributed by atoms with van der Waals surface area (Å²) in [5, 5.41) is 3.74. The molecule has 2 aliphatic heterocycles. The van der Waals surface area contributed by atoms with Crippen LogP contribution in [0.2, 0.25) is 0 Å². The lowest BCUT2D eigenvalue weighted by molar-refractivity contribution is -0.179. The largest absolute Gasteiger partial charge is 0.348 e. The van der Waals surface area contributed by atoms with Gasteiger partial charge in [0.1, 0.15) is 0 Å². The lowest BCUT2D eigenvalue weighted by atomic mass is 9.90. The number of nitrogens with zero attached hydrogens (tertiary/aromatic N) is 1. The van der Waals surface area contributed by atoms with E-state index in [2.05, 4.69) is 17.1 Å². The van der Waals surface area contributed by atoms with Gasteiger partial charge in [-0.3, -0.25) is 0 Å². The van der Waals surface area contributed by atoms with Gasteiger partial charge in [0.2, 0.25) is 0 Å². The van der Waals surface area contributed by atoms with E-state index in [1.807, 2.05) is 0 Å². The van der Waals surface area contributed by atoms with Gasteiger partial charge in [0, 0.05) is 24.9 Å². The Hall–Kier alpha value is -0.160. The molecular weight excluding hydrogens is 264 g/mol. The van der Waals surface area contributed by atoms with E-state index in [1.165, 1.54) is 51.6 Å². The first-order valence-corrected chi connectivity index (χ1v) is 9.03. The molecule has 122 valence electrons. The first-order chi connectivity index (χ1) is 10.3. The van der Waals surface area contributed by atoms with Crippen LogP contribution >= 0.6 is 0 Å². The molecular formula is C17H32N2O2. The summed E-state index contributed by atoms with van der Waals surface area (Å²) in [5.41, 5.74) is 0. The molecule has 1 N–H and O–H groups in total. The van der Waals surface area contributed by atoms with Crippen molar-refractivity contribution >= 4 is 0 Å². The summed E-state index contributed by atoms with van der Waals surface area (Å²) in [6, 6.07) is 1.46. The van der Waals surface area contributed by atoms with Crippen LogP contribution in [0.1, 0.15) is 58.3 Å². The van der Waals surface area contributed by atoms with Crippen LogP contribution in [0.3, 0.4) is 0 Å². The monoisotopic (exact) mass is 296 g/mol. The molecule has 4 heteroatoms. The molecule has 1 atom stereocenters. The van der Waals surface area contributed by atoms with E-state index in [0.717, 1.165) is 38.6 Å². The average molecular weight is 296 g/mol. The molecule has 3 aliphatic rings. The lowest BCUT2D eigenvalue weighted by Gasteiger charge is -2.36. The third-order valence-corrected chi connectivity index (χ3v) is 5.56. The molecule has 2 saturated heterocycles. The van der Waals surface area contributed by atoms with Gasteiger partial charge in [-0.05, 0) is 58.7 Å². The first-order valence-electron chi connectivity index (χ1n) is 9.03. The SMILES string of the molecule is CC1CCCCN1CCCNC1CCC2(CC1)OCCO2. The predicted octanol–water partition coefficient (Wildman–Crippen LogP) is 2.53. The highest BCUT2D eigenvalue weighted by Gasteiger charge is 2.40. The van der Waals surface area contributed by atoms with Crippen molar-refractivity contribution in [3.63, 3.8) is 0 Å². The minimum Gasteiger partial charge on any atom is -0.348 e. The number of ether oxygens (including phenoxy) is 2. The maximum Gasteiger partial charge on any atom is 0.168 e. The van der Waals surface area contributed by atoms with Gasteiger partial charge in [-0.15, -0.1) is 0 Å². The molecule has 1 spiro atoms. The molecule has 3 fully saturated rings. The molecule has 1 saturated carbocycles. The molecule has 4 nitrogen and oxygen atoms in total. The fourth-order valence-electron chi connectivity index (χ4n) is 4.13. The van der Waals surface area contributed by atoms with E-state index in [-0.39, 0.29) is 5.79 Å². The fourth-order valence-corrected chi connectivity index (χ4v) is 4.13. The fraction of sp³-hybridized carbons (Fsp3) is 1.00. The molecule has 0 aromatic heterocycles. The van der Waals surface area contributed by atoms with Crippen molar-refractivity contribution in [2.24, 2.45) is 0 Å². The maximum atomic E-state index is 5.79. The Labute approximate surface area is 129 Å². The summed E-state index contributed by atoms with van der Waals surface area (Å²) in [5.74, 6) is -0.207. The van der Waals surface area contributed by atoms with E-state index in [4.69, 9.17) is 9.47 Å². The van der Waals surface area contributed by atoms with Crippen molar-refractivity contribution in [2.75, 3.05) is 32.8 Å². The summed E-state index contributed by atoms with van der Waals surface area (Å²) in [6.45, 7) is 7.68. The van der Waals surface area contributed by atoms with Crippen molar-refractivity contribution in [3.8, 4) is 0 Å². The van der Waals surface area contributed by atoms with Crippen LogP contribution in [0.15, 0.2) is 0 Å². The topological polar surface area (TPSA) is 33.7 Å². The van der Waals surface area contributed by atoms with Crippen molar-refractivity contribution in [1.29, 1.82) is 0 Å². The van der Waals surface area contributed by atoms with Crippen LogP contribution in [0.4, 0.5) is 0 Å². The van der Waals surface area contributed by atoms with Crippen LogP contribution in [0, 0.1) is 0 Å². The van der Waals surface area contributed by atoms with E-state index < -0.39 is 0 Å². The Bertz CT molecular complexity index is 308. The van der Waals surface area contributed by atoms with Gasteiger partial charge < -0.3 is 19.7 Å². The Kier molecular flexibility index (Phi) is 5.54. The van der Waals surface area contributed by atoms with Gasteiger partial charge in [-0.1, -0.05) is 6.42 Å². The molecule has 1 unspecified atom stereocenters. The minimum atomic E-state index is -0.207. The zero-order valence-corrected chi connectivity index (χ0v) is 13.6. The normalized spacial score (nSPS) is 31.0. The van der Waals surface area contributed by atoms with Crippen LogP contribution in [0.5, 0.6) is 0 Å². The summed E-state index contributed by atoms with van der Waals surface area (Å²) < 4.78 is 11.6. The summed E-state index contributed by atoms with van der Waals surface area (Å²) >= 11 is 0. The van der Waals surface area contributed by atoms with Gasteiger partial charge in [-0.25, -0.2) is 0 Å². The standard InChI is InChI=1S/C17H32N2O2/c1-15-5-2-3-11-19(15)12-4-10-18-16-6-8-17(9-7-16)20-13-14-21-17/h15-16,18H,2-14H2,1H3. The summed E-state index contributed by atoms with van der Waals surface area (Å²) in [7, 11) is 0. The van der Waals surface area contributed by atoms with Gasteiger partial charge in [0.15, 0.2) is 5.79 Å². The second-order valence-corrected chi connectivity index (χ2v) is 7.07. The van der Waals surface area contributed by atoms with Crippen LogP contribution in [-0.2, 0) is 9.47 Å². The second-order valence-electron chi connectivity index (χ2n) is 7.07. The highest BCUT2D eigenvalue weighted by molar-refractivity contribution is 4.85. The quantitative estimate of drug-likeness (QED) is 0.791. The van der Waals surface area contributed by atoms with Gasteiger partial charge in [0.05, 0.1) is 13.2 Å². The smallest absolute Gasteiger partial charge is 0.168 e. The number of nitrogens with one attached hydrogen (secondary N) is 1. The zero-order chi connectivity index (χ0) is 14.5. The number of rotatable bonds is 5. The number of hydrogen-bond acceptors (Lipinski definition) is 4. The minimum absolute atomic E-state index is 0.207. The zero-order valence-electron chi connectivity index (χ0n) is 13.6. The Morgan fingerprint density at radius 3 is 2.57 bits per heavy atom. The molecule has 3 rings (SSSR count).